The Balaban J connectivity index is 2.00. The largest absolute Gasteiger partial charge is 0.315 e. The number of hydrogen-bond acceptors (Lipinski definition) is 1. The van der Waals surface area contributed by atoms with E-state index >= 15 is 0 Å². The fraction of sp³-hybridized carbons (Fsp3) is 0.188. The normalized spacial score (nSPS) is 15.2. The van der Waals surface area contributed by atoms with E-state index in [1.807, 2.05) is 19.2 Å². The first-order valence-corrected chi connectivity index (χ1v) is 9.24. The third kappa shape index (κ3) is 2.92. The van der Waals surface area contributed by atoms with Gasteiger partial charge >= 0.3 is 0 Å². The van der Waals surface area contributed by atoms with Crippen LogP contribution in [0.1, 0.15) is 21.5 Å². The average molecular weight is 521 g/mol. The molecule has 1 aliphatic rings. The van der Waals surface area contributed by atoms with Crippen molar-refractivity contribution < 1.29 is 4.79 Å². The van der Waals surface area contributed by atoms with Gasteiger partial charge in [-0.1, -0.05) is 44.0 Å². The predicted molar refractivity (Wildman–Crippen MR) is 101 cm³/mol. The smallest absolute Gasteiger partial charge is 0.231 e. The quantitative estimate of drug-likeness (QED) is 0.400. The van der Waals surface area contributed by atoms with E-state index in [0.29, 0.717) is 6.42 Å². The van der Waals surface area contributed by atoms with Gasteiger partial charge in [-0.15, -0.1) is 0 Å². The van der Waals surface area contributed by atoms with E-state index in [1.54, 1.807) is 4.90 Å². The minimum Gasteiger partial charge on any atom is -0.315 e. The van der Waals surface area contributed by atoms with Gasteiger partial charge in [0.1, 0.15) is 0 Å². The molecular formula is C16H12Br2INO. The molecule has 2 aromatic carbocycles. The van der Waals surface area contributed by atoms with Gasteiger partial charge in [0.2, 0.25) is 5.91 Å². The number of fused-ring (bicyclic) bond motifs is 1. The van der Waals surface area contributed by atoms with Crippen LogP contribution in [0, 0.1) is 3.57 Å². The van der Waals surface area contributed by atoms with E-state index in [4.69, 9.17) is 0 Å². The van der Waals surface area contributed by atoms with Crippen molar-refractivity contribution in [2.75, 3.05) is 11.9 Å². The molecule has 108 valence electrons. The number of hydrogen-bond donors (Lipinski definition) is 0. The van der Waals surface area contributed by atoms with Gasteiger partial charge < -0.3 is 4.90 Å². The van der Waals surface area contributed by atoms with Gasteiger partial charge in [0, 0.05) is 20.8 Å². The first-order chi connectivity index (χ1) is 9.97. The van der Waals surface area contributed by atoms with Crippen molar-refractivity contribution in [3.8, 4) is 0 Å². The lowest BCUT2D eigenvalue weighted by atomic mass is 10.0. The molecule has 0 saturated carbocycles. The Hall–Kier alpha value is -0.400. The second-order valence-electron chi connectivity index (χ2n) is 5.05. The second-order valence-corrected chi connectivity index (χ2v) is 8.04. The lowest BCUT2D eigenvalue weighted by Gasteiger charge is -2.15. The summed E-state index contributed by atoms with van der Waals surface area (Å²) in [4.78, 5) is 13.6. The van der Waals surface area contributed by atoms with E-state index in [9.17, 15) is 4.79 Å². The highest BCUT2D eigenvalue weighted by Crippen LogP contribution is 2.38. The third-order valence-electron chi connectivity index (χ3n) is 3.70. The van der Waals surface area contributed by atoms with Crippen LogP contribution in [-0.4, -0.2) is 13.0 Å². The van der Waals surface area contributed by atoms with Crippen LogP contribution < -0.4 is 4.90 Å². The summed E-state index contributed by atoms with van der Waals surface area (Å²) in [5.41, 5.74) is 4.53. The molecule has 0 radical (unpaired) electrons. The Morgan fingerprint density at radius 3 is 2.76 bits per heavy atom. The van der Waals surface area contributed by atoms with Crippen molar-refractivity contribution in [1.29, 1.82) is 0 Å². The Morgan fingerprint density at radius 2 is 2.00 bits per heavy atom. The van der Waals surface area contributed by atoms with E-state index in [1.165, 1.54) is 14.7 Å². The molecule has 3 rings (SSSR count). The molecule has 1 atom stereocenters. The third-order valence-corrected chi connectivity index (χ3v) is 6.20. The maximum atomic E-state index is 11.8. The summed E-state index contributed by atoms with van der Waals surface area (Å²) < 4.78 is 2.28. The molecular weight excluding hydrogens is 509 g/mol. The molecule has 0 saturated heterocycles. The zero-order valence-electron chi connectivity index (χ0n) is 11.2. The highest BCUT2D eigenvalue weighted by molar-refractivity contribution is 14.1. The van der Waals surface area contributed by atoms with Crippen LogP contribution in [0.2, 0.25) is 0 Å². The van der Waals surface area contributed by atoms with Gasteiger partial charge in [-0.2, -0.15) is 0 Å². The number of likely N-dealkylation sites (N-methyl/N-ethyl adjacent to an activating group) is 1. The maximum absolute atomic E-state index is 11.8. The molecule has 2 nitrogen and oxygen atoms in total. The van der Waals surface area contributed by atoms with Crippen molar-refractivity contribution in [3.63, 3.8) is 0 Å². The van der Waals surface area contributed by atoms with Crippen LogP contribution in [0.15, 0.2) is 40.9 Å². The molecule has 2 aromatic rings. The molecule has 0 aliphatic carbocycles. The molecule has 1 unspecified atom stereocenters. The van der Waals surface area contributed by atoms with Crippen molar-refractivity contribution >= 4 is 66.0 Å². The van der Waals surface area contributed by atoms with E-state index in [-0.39, 0.29) is 10.7 Å². The van der Waals surface area contributed by atoms with Crippen LogP contribution >= 0.6 is 54.5 Å². The van der Waals surface area contributed by atoms with Gasteiger partial charge in [0.15, 0.2) is 0 Å². The number of anilines is 1. The summed E-state index contributed by atoms with van der Waals surface area (Å²) in [7, 11) is 1.83. The van der Waals surface area contributed by atoms with E-state index < -0.39 is 0 Å². The topological polar surface area (TPSA) is 20.3 Å². The highest BCUT2D eigenvalue weighted by atomic mass is 127. The first-order valence-electron chi connectivity index (χ1n) is 6.46. The lowest BCUT2D eigenvalue weighted by molar-refractivity contribution is -0.117. The van der Waals surface area contributed by atoms with Crippen molar-refractivity contribution in [2.45, 2.75) is 11.2 Å². The van der Waals surface area contributed by atoms with Crippen LogP contribution in [0.3, 0.4) is 0 Å². The minimum absolute atomic E-state index is 0.119. The summed E-state index contributed by atoms with van der Waals surface area (Å²) in [6.07, 6.45) is 0.495. The molecule has 5 heteroatoms. The lowest BCUT2D eigenvalue weighted by Crippen LogP contribution is -2.20. The molecule has 1 aliphatic heterocycles. The number of carbonyl (C=O) groups excluding carboxylic acids is 1. The Labute approximate surface area is 154 Å². The van der Waals surface area contributed by atoms with Crippen molar-refractivity contribution in [2.24, 2.45) is 0 Å². The standard InChI is InChI=1S/C16H12Br2INO/c1-20-14-5-2-9(6-10(14)7-15(20)21)16(18)12-8-11(17)3-4-13(12)19/h2-6,8,16H,7H2,1H3. The molecule has 1 heterocycles. The fourth-order valence-corrected chi connectivity index (χ4v) is 4.65. The predicted octanol–water partition coefficient (Wildman–Crippen LogP) is 5.06. The van der Waals surface area contributed by atoms with Gasteiger partial charge in [0.25, 0.3) is 0 Å². The number of alkyl halides is 1. The zero-order chi connectivity index (χ0) is 15.1. The van der Waals surface area contributed by atoms with Crippen LogP contribution in [0.25, 0.3) is 0 Å². The summed E-state index contributed by atoms with van der Waals surface area (Å²) in [6.45, 7) is 0. The van der Waals surface area contributed by atoms with Crippen LogP contribution in [0.5, 0.6) is 0 Å². The van der Waals surface area contributed by atoms with Gasteiger partial charge in [0.05, 0.1) is 11.2 Å². The number of nitrogens with zero attached hydrogens (tertiary/aromatic N) is 1. The number of amides is 1. The van der Waals surface area contributed by atoms with Crippen molar-refractivity contribution in [1.82, 2.24) is 0 Å². The SMILES string of the molecule is CN1C(=O)Cc2cc(C(Br)c3cc(Br)ccc3I)ccc21. The molecule has 0 bridgehead atoms. The van der Waals surface area contributed by atoms with Gasteiger partial charge in [-0.3, -0.25) is 4.79 Å². The maximum Gasteiger partial charge on any atom is 0.231 e. The molecule has 0 aromatic heterocycles. The zero-order valence-corrected chi connectivity index (χ0v) is 16.6. The Morgan fingerprint density at radius 1 is 1.24 bits per heavy atom. The monoisotopic (exact) mass is 519 g/mol. The summed E-state index contributed by atoms with van der Waals surface area (Å²) in [5.74, 6) is 0.158. The Bertz CT molecular complexity index is 732. The summed E-state index contributed by atoms with van der Waals surface area (Å²) in [5, 5.41) is 0. The molecule has 1 amide bonds. The molecule has 0 fully saturated rings. The number of benzene rings is 2. The van der Waals surface area contributed by atoms with Crippen molar-refractivity contribution in [3.05, 3.63) is 61.1 Å². The molecule has 0 spiro atoms. The average Bonchev–Trinajstić information content (AvgIpc) is 2.75. The highest BCUT2D eigenvalue weighted by Gasteiger charge is 2.25. The Kier molecular flexibility index (Phi) is 4.43. The molecule has 21 heavy (non-hydrogen) atoms. The van der Waals surface area contributed by atoms with E-state index in [2.05, 4.69) is 78.7 Å². The number of carbonyl (C=O) groups is 1. The fourth-order valence-electron chi connectivity index (χ4n) is 2.54. The van der Waals surface area contributed by atoms with Gasteiger partial charge in [-0.25, -0.2) is 0 Å². The van der Waals surface area contributed by atoms with Crippen LogP contribution in [0.4, 0.5) is 5.69 Å². The summed E-state index contributed by atoms with van der Waals surface area (Å²) in [6, 6.07) is 12.5. The molecule has 0 N–H and O–H groups in total. The summed E-state index contributed by atoms with van der Waals surface area (Å²) >= 11 is 9.67. The minimum atomic E-state index is 0.119. The second kappa shape index (κ2) is 6.01. The van der Waals surface area contributed by atoms with Crippen LogP contribution in [-0.2, 0) is 11.2 Å². The number of rotatable bonds is 2. The number of halogens is 3. The van der Waals surface area contributed by atoms with E-state index in [0.717, 1.165) is 15.7 Å². The first kappa shape index (κ1) is 15.5. The van der Waals surface area contributed by atoms with Gasteiger partial charge in [-0.05, 0) is 63.5 Å².